The van der Waals surface area contributed by atoms with Crippen molar-refractivity contribution in [3.05, 3.63) is 29.1 Å². The van der Waals surface area contributed by atoms with Crippen molar-refractivity contribution < 1.29 is 47.5 Å². The zero-order chi connectivity index (χ0) is 19.5. The number of amides is 1. The van der Waals surface area contributed by atoms with Crippen LogP contribution in [-0.2, 0) is 19.6 Å². The molecule has 1 aromatic rings. The summed E-state index contributed by atoms with van der Waals surface area (Å²) in [5, 5.41) is 2.50. The molecule has 1 heterocycles. The molecule has 1 aliphatic heterocycles. The third-order valence-corrected chi connectivity index (χ3v) is 4.23. The van der Waals surface area contributed by atoms with Crippen molar-refractivity contribution in [2.45, 2.75) is 32.5 Å². The number of halogens is 1. The molecule has 0 fully saturated rings. The predicted molar refractivity (Wildman–Crippen MR) is 80.1 cm³/mol. The molecule has 26 heavy (non-hydrogen) atoms. The maximum Gasteiger partial charge on any atom is 0.389 e. The largest absolute Gasteiger partial charge is 0.493 e. The van der Waals surface area contributed by atoms with E-state index in [1.165, 1.54) is 26.4 Å². The molecule has 0 saturated heterocycles. The molecule has 2 rings (SSSR count). The summed E-state index contributed by atoms with van der Waals surface area (Å²) < 4.78 is 54.7. The maximum atomic E-state index is 11.7. The number of fused-ring (bicyclic) bond motifs is 1. The first-order valence-corrected chi connectivity index (χ1v) is 9.00. The van der Waals surface area contributed by atoms with E-state index in [0.29, 0.717) is 17.1 Å². The zero-order valence-electron chi connectivity index (χ0n) is 14.8. The molecule has 0 radical (unpaired) electrons. The molecule has 1 aromatic carbocycles. The van der Waals surface area contributed by atoms with Crippen LogP contribution < -0.4 is 28.8 Å². The van der Waals surface area contributed by atoms with Gasteiger partial charge in [-0.05, 0) is 17.7 Å². The number of ether oxygens (including phenoxy) is 3. The number of hydrogen-bond acceptors (Lipinski definition) is 8. The van der Waals surface area contributed by atoms with Gasteiger partial charge in [-0.25, -0.2) is 0 Å². The first kappa shape index (κ1) is 20.3. The van der Waals surface area contributed by atoms with Crippen molar-refractivity contribution in [1.29, 1.82) is 0 Å². The molecule has 0 aliphatic carbocycles. The Kier molecular flexibility index (Phi) is 5.99. The minimum Gasteiger partial charge on any atom is -0.493 e. The van der Waals surface area contributed by atoms with Crippen LogP contribution >= 0.6 is 0 Å². The Morgan fingerprint density at radius 1 is 1.19 bits per heavy atom. The third kappa shape index (κ3) is 4.19. The first-order chi connectivity index (χ1) is 12.2. The first-order valence-electron chi connectivity index (χ1n) is 7.76. The molecule has 0 bridgehead atoms. The number of carbonyl (C=O) groups is 1. The second-order valence-corrected chi connectivity index (χ2v) is 6.28. The molecule has 0 spiro atoms. The summed E-state index contributed by atoms with van der Waals surface area (Å²) in [4.78, 5) is 11.7. The van der Waals surface area contributed by atoms with Crippen molar-refractivity contribution in [2.24, 2.45) is 0 Å². The molecule has 9 nitrogen and oxygen atoms in total. The monoisotopic (exact) mass is 389 g/mol. The summed E-state index contributed by atoms with van der Waals surface area (Å²) in [6.45, 7) is 3.22. The summed E-state index contributed by atoms with van der Waals surface area (Å²) in [5.41, 5.74) is 0.695. The Bertz CT molecular complexity index is 715. The quantitative estimate of drug-likeness (QED) is 0.629. The maximum absolute atomic E-state index is 11.7. The van der Waals surface area contributed by atoms with Gasteiger partial charge in [0, 0.05) is 18.9 Å². The fourth-order valence-electron chi connectivity index (χ4n) is 2.56. The van der Waals surface area contributed by atoms with Crippen LogP contribution in [0.3, 0.4) is 0 Å². The van der Waals surface area contributed by atoms with E-state index < -0.39 is 16.0 Å². The van der Waals surface area contributed by atoms with Crippen molar-refractivity contribution >= 4 is 12.0 Å². The van der Waals surface area contributed by atoms with Crippen LogP contribution in [0.2, 0.25) is 0 Å². The summed E-state index contributed by atoms with van der Waals surface area (Å²) in [6.07, 6.45) is 1.62. The minimum absolute atomic E-state index is 0.0384. The molecule has 1 N–H and O–H groups in total. The average molecular weight is 390 g/mol. The van der Waals surface area contributed by atoms with Crippen LogP contribution in [-0.4, -0.2) is 20.1 Å². The van der Waals surface area contributed by atoms with Crippen LogP contribution in [0, 0.1) is 10.2 Å². The predicted octanol–water partition coefficient (Wildman–Crippen LogP) is -0.965. The number of nitrogens with one attached hydrogen (secondary N) is 1. The van der Waals surface area contributed by atoms with E-state index in [1.807, 2.05) is 0 Å². The SMILES string of the molecule is CCC(=O)NC1=Cc2cc(OC)c(OC)cc2C(CC)(O[Cl+3]([O-])([O-])[O-])O1. The van der Waals surface area contributed by atoms with Gasteiger partial charge in [-0.3, -0.25) is 10.1 Å². The lowest BCUT2D eigenvalue weighted by Gasteiger charge is -2.34. The van der Waals surface area contributed by atoms with Gasteiger partial charge in [-0.15, -0.1) is 0 Å². The highest BCUT2D eigenvalue weighted by atomic mass is 35.7. The van der Waals surface area contributed by atoms with Gasteiger partial charge in [0.25, 0.3) is 0 Å². The van der Waals surface area contributed by atoms with Gasteiger partial charge in [0.1, 0.15) is 4.29 Å². The standard InChI is InChI=1S/C16H20ClNO8/c1-5-14(19)18-15-8-10-7-12(23-3)13(24-4)9-11(10)16(6-2,25-15)26-17(20,21)22/h7-9H,5-6H2,1-4H3,(H,18,19). The van der Waals surface area contributed by atoms with Crippen molar-refractivity contribution in [3.63, 3.8) is 0 Å². The average Bonchev–Trinajstić information content (AvgIpc) is 2.58. The van der Waals surface area contributed by atoms with E-state index in [1.54, 1.807) is 19.9 Å². The van der Waals surface area contributed by atoms with Crippen molar-refractivity contribution in [2.75, 3.05) is 14.2 Å². The third-order valence-electron chi connectivity index (χ3n) is 3.80. The van der Waals surface area contributed by atoms with Gasteiger partial charge in [-0.2, -0.15) is 14.0 Å². The molecule has 1 unspecified atom stereocenters. The smallest absolute Gasteiger partial charge is 0.389 e. The highest BCUT2D eigenvalue weighted by Crippen LogP contribution is 2.45. The van der Waals surface area contributed by atoms with Gasteiger partial charge in [0.2, 0.25) is 5.91 Å². The van der Waals surface area contributed by atoms with Gasteiger partial charge in [-0.1, -0.05) is 13.8 Å². The fraction of sp³-hybridized carbons (Fsp3) is 0.438. The lowest BCUT2D eigenvalue weighted by Crippen LogP contribution is -2.64. The Labute approximate surface area is 152 Å². The molecule has 1 amide bonds. The van der Waals surface area contributed by atoms with Crippen molar-refractivity contribution in [3.8, 4) is 11.5 Å². The fourth-order valence-corrected chi connectivity index (χ4v) is 3.09. The summed E-state index contributed by atoms with van der Waals surface area (Å²) in [7, 11) is -1.96. The van der Waals surface area contributed by atoms with Gasteiger partial charge < -0.3 is 14.2 Å². The molecule has 144 valence electrons. The highest BCUT2D eigenvalue weighted by Gasteiger charge is 2.53. The molecule has 0 saturated carbocycles. The Morgan fingerprint density at radius 2 is 1.81 bits per heavy atom. The molecule has 1 aliphatic rings. The van der Waals surface area contributed by atoms with E-state index in [9.17, 15) is 18.8 Å². The summed E-state index contributed by atoms with van der Waals surface area (Å²) in [5.74, 6) is -1.68. The van der Waals surface area contributed by atoms with E-state index in [0.717, 1.165) is 0 Å². The zero-order valence-corrected chi connectivity index (χ0v) is 15.5. The van der Waals surface area contributed by atoms with Crippen LogP contribution in [0.25, 0.3) is 6.08 Å². The van der Waals surface area contributed by atoms with Crippen LogP contribution in [0.1, 0.15) is 37.8 Å². The number of benzene rings is 1. The molecule has 1 atom stereocenters. The number of methoxy groups -OCH3 is 2. The molecular formula is C16H20ClNO8. The van der Waals surface area contributed by atoms with Gasteiger partial charge in [0.15, 0.2) is 17.4 Å². The summed E-state index contributed by atoms with van der Waals surface area (Å²) >= 11 is 0. The lowest BCUT2D eigenvalue weighted by molar-refractivity contribution is -1.92. The van der Waals surface area contributed by atoms with Crippen molar-refractivity contribution in [1.82, 2.24) is 5.32 Å². The normalized spacial score (nSPS) is 19.1. The van der Waals surface area contributed by atoms with Gasteiger partial charge >= 0.3 is 5.79 Å². The second kappa shape index (κ2) is 7.68. The highest BCUT2D eigenvalue weighted by molar-refractivity contribution is 5.79. The molecular weight excluding hydrogens is 370 g/mol. The second-order valence-electron chi connectivity index (χ2n) is 5.37. The van der Waals surface area contributed by atoms with Crippen LogP contribution in [0.5, 0.6) is 11.5 Å². The Morgan fingerprint density at radius 3 is 2.31 bits per heavy atom. The molecule has 10 heteroatoms. The van der Waals surface area contributed by atoms with E-state index >= 15 is 0 Å². The number of carbonyl (C=O) groups excluding carboxylic acids is 1. The van der Waals surface area contributed by atoms with Crippen LogP contribution in [0.15, 0.2) is 18.0 Å². The van der Waals surface area contributed by atoms with E-state index in [-0.39, 0.29) is 30.2 Å². The van der Waals surface area contributed by atoms with Gasteiger partial charge in [0.05, 0.1) is 30.0 Å². The number of hydrogen-bond donors (Lipinski definition) is 1. The Hall–Kier alpha value is -2.04. The summed E-state index contributed by atoms with van der Waals surface area (Å²) in [6, 6.07) is 3.03. The topological polar surface area (TPSA) is 135 Å². The molecule has 0 aromatic heterocycles. The van der Waals surface area contributed by atoms with Crippen LogP contribution in [0.4, 0.5) is 0 Å². The number of rotatable bonds is 7. The van der Waals surface area contributed by atoms with E-state index in [4.69, 9.17) is 18.5 Å². The lowest BCUT2D eigenvalue weighted by atomic mass is 9.94. The Balaban J connectivity index is 2.64. The van der Waals surface area contributed by atoms with E-state index in [2.05, 4.69) is 5.32 Å². The minimum atomic E-state index is -4.81.